The van der Waals surface area contributed by atoms with Crippen molar-refractivity contribution in [1.29, 1.82) is 5.26 Å². The van der Waals surface area contributed by atoms with Gasteiger partial charge >= 0.3 is 0 Å². The Bertz CT molecular complexity index is 307. The molecule has 1 aromatic carbocycles. The highest BCUT2D eigenvalue weighted by molar-refractivity contribution is 5.32. The molecule has 0 aromatic heterocycles. The first-order chi connectivity index (χ1) is 5.77. The molecule has 1 aromatic rings. The van der Waals surface area contributed by atoms with Crippen molar-refractivity contribution in [3.8, 4) is 6.07 Å². The van der Waals surface area contributed by atoms with Crippen LogP contribution in [0, 0.1) is 18.3 Å². The van der Waals surface area contributed by atoms with E-state index in [9.17, 15) is 0 Å². The van der Waals surface area contributed by atoms with Gasteiger partial charge in [0, 0.05) is 0 Å². The van der Waals surface area contributed by atoms with Crippen LogP contribution in [-0.4, -0.2) is 0 Å². The fourth-order valence-electron chi connectivity index (χ4n) is 1.26. The topological polar surface area (TPSA) is 23.8 Å². The second-order valence-electron chi connectivity index (χ2n) is 2.95. The fourth-order valence-corrected chi connectivity index (χ4v) is 1.26. The minimum absolute atomic E-state index is 0.524. The lowest BCUT2D eigenvalue weighted by molar-refractivity contribution is 1.11. The number of nitriles is 1. The molecule has 0 unspecified atom stereocenters. The molecule has 1 heteroatoms. The number of hydrogen-bond acceptors (Lipinski definition) is 1. The highest BCUT2D eigenvalue weighted by Gasteiger charge is 1.97. The first kappa shape index (κ1) is 8.80. The molecule has 0 fully saturated rings. The van der Waals surface area contributed by atoms with Crippen molar-refractivity contribution in [2.24, 2.45) is 0 Å². The molecule has 1 rings (SSSR count). The molecule has 0 bridgehead atoms. The summed E-state index contributed by atoms with van der Waals surface area (Å²) >= 11 is 0. The molecule has 0 N–H and O–H groups in total. The van der Waals surface area contributed by atoms with E-state index in [4.69, 9.17) is 5.26 Å². The smallest absolute Gasteiger partial charge is 0.0669 e. The summed E-state index contributed by atoms with van der Waals surface area (Å²) in [6, 6.07) is 8.47. The van der Waals surface area contributed by atoms with E-state index in [0.717, 1.165) is 12.0 Å². The van der Waals surface area contributed by atoms with Crippen molar-refractivity contribution in [2.45, 2.75) is 26.7 Å². The van der Waals surface area contributed by atoms with Crippen LogP contribution >= 0.6 is 0 Å². The molecule has 0 radical (unpaired) electrons. The van der Waals surface area contributed by atoms with Gasteiger partial charge in [0.15, 0.2) is 0 Å². The zero-order chi connectivity index (χ0) is 8.97. The Labute approximate surface area is 73.6 Å². The van der Waals surface area contributed by atoms with Crippen molar-refractivity contribution < 1.29 is 0 Å². The Kier molecular flexibility index (Phi) is 2.88. The van der Waals surface area contributed by atoms with E-state index < -0.39 is 0 Å². The Morgan fingerprint density at radius 2 is 2.17 bits per heavy atom. The van der Waals surface area contributed by atoms with Crippen LogP contribution in [0.4, 0.5) is 0 Å². The van der Waals surface area contributed by atoms with Crippen LogP contribution in [0.5, 0.6) is 0 Å². The third-order valence-electron chi connectivity index (χ3n) is 2.08. The summed E-state index contributed by atoms with van der Waals surface area (Å²) in [7, 11) is 0. The summed E-state index contributed by atoms with van der Waals surface area (Å²) in [4.78, 5) is 0. The van der Waals surface area contributed by atoms with Gasteiger partial charge in [-0.1, -0.05) is 25.1 Å². The number of rotatable bonds is 2. The average molecular weight is 159 g/mol. The molecule has 0 aliphatic carbocycles. The molecule has 0 atom stereocenters. The lowest BCUT2D eigenvalue weighted by Crippen LogP contribution is -1.89. The van der Waals surface area contributed by atoms with Gasteiger partial charge in [0.1, 0.15) is 0 Å². The van der Waals surface area contributed by atoms with Crippen LogP contribution in [0.3, 0.4) is 0 Å². The minimum atomic E-state index is 0.524. The van der Waals surface area contributed by atoms with E-state index in [-0.39, 0.29) is 0 Å². The molecule has 0 aliphatic rings. The lowest BCUT2D eigenvalue weighted by atomic mass is 10.0. The van der Waals surface area contributed by atoms with E-state index in [0.29, 0.717) is 6.42 Å². The summed E-state index contributed by atoms with van der Waals surface area (Å²) in [6.45, 7) is 4.20. The average Bonchev–Trinajstić information content (AvgIpc) is 2.09. The van der Waals surface area contributed by atoms with Gasteiger partial charge < -0.3 is 0 Å². The number of nitrogens with zero attached hydrogens (tertiary/aromatic N) is 1. The Morgan fingerprint density at radius 3 is 2.67 bits per heavy atom. The molecule has 12 heavy (non-hydrogen) atoms. The van der Waals surface area contributed by atoms with Crippen LogP contribution in [0.15, 0.2) is 18.2 Å². The van der Waals surface area contributed by atoms with Crippen molar-refractivity contribution in [1.82, 2.24) is 0 Å². The third-order valence-corrected chi connectivity index (χ3v) is 2.08. The molecule has 0 amide bonds. The molecule has 0 aliphatic heterocycles. The van der Waals surface area contributed by atoms with E-state index in [1.54, 1.807) is 0 Å². The number of hydrogen-bond donors (Lipinski definition) is 0. The van der Waals surface area contributed by atoms with E-state index >= 15 is 0 Å². The van der Waals surface area contributed by atoms with Gasteiger partial charge in [-0.05, 0) is 30.0 Å². The molecule has 1 nitrogen and oxygen atoms in total. The first-order valence-corrected chi connectivity index (χ1v) is 4.23. The van der Waals surface area contributed by atoms with Gasteiger partial charge in [-0.3, -0.25) is 0 Å². The Morgan fingerprint density at radius 1 is 1.42 bits per heavy atom. The van der Waals surface area contributed by atoms with Crippen LogP contribution in [0.1, 0.15) is 23.6 Å². The van der Waals surface area contributed by atoms with Crippen molar-refractivity contribution >= 4 is 0 Å². The first-order valence-electron chi connectivity index (χ1n) is 4.23. The normalized spacial score (nSPS) is 9.42. The van der Waals surface area contributed by atoms with Crippen molar-refractivity contribution in [3.05, 3.63) is 34.9 Å². The van der Waals surface area contributed by atoms with Crippen LogP contribution < -0.4 is 0 Å². The quantitative estimate of drug-likeness (QED) is 0.650. The molecule has 0 heterocycles. The second kappa shape index (κ2) is 3.92. The molecule has 0 spiro atoms. The van der Waals surface area contributed by atoms with Gasteiger partial charge in [0.2, 0.25) is 0 Å². The Hall–Kier alpha value is -1.29. The fraction of sp³-hybridized carbons (Fsp3) is 0.364. The summed E-state index contributed by atoms with van der Waals surface area (Å²) < 4.78 is 0. The lowest BCUT2D eigenvalue weighted by Gasteiger charge is -2.03. The molecule has 62 valence electrons. The summed E-state index contributed by atoms with van der Waals surface area (Å²) in [5.74, 6) is 0. The largest absolute Gasteiger partial charge is 0.198 e. The number of benzene rings is 1. The summed E-state index contributed by atoms with van der Waals surface area (Å²) in [5, 5.41) is 8.52. The van der Waals surface area contributed by atoms with Crippen molar-refractivity contribution in [3.63, 3.8) is 0 Å². The predicted octanol–water partition coefficient (Wildman–Crippen LogP) is 2.62. The van der Waals surface area contributed by atoms with Crippen LogP contribution in [0.2, 0.25) is 0 Å². The predicted molar refractivity (Wildman–Crippen MR) is 49.9 cm³/mol. The highest BCUT2D eigenvalue weighted by atomic mass is 14.2. The van der Waals surface area contributed by atoms with Crippen molar-refractivity contribution in [2.75, 3.05) is 0 Å². The maximum atomic E-state index is 8.52. The maximum absolute atomic E-state index is 8.52. The monoisotopic (exact) mass is 159 g/mol. The molecular formula is C11H13N. The molecule has 0 saturated carbocycles. The third kappa shape index (κ3) is 1.85. The maximum Gasteiger partial charge on any atom is 0.0669 e. The molecular weight excluding hydrogens is 146 g/mol. The van der Waals surface area contributed by atoms with Crippen LogP contribution in [0.25, 0.3) is 0 Å². The summed E-state index contributed by atoms with van der Waals surface area (Å²) in [5.41, 5.74) is 3.72. The Balaban J connectivity index is 2.97. The van der Waals surface area contributed by atoms with Gasteiger partial charge in [0.05, 0.1) is 12.5 Å². The standard InChI is InChI=1S/C11H13N/c1-3-10-4-5-11(6-7-12)9(2)8-10/h4-5,8H,3,6H2,1-2H3. The summed E-state index contributed by atoms with van der Waals surface area (Å²) in [6.07, 6.45) is 1.59. The SMILES string of the molecule is CCc1ccc(CC#N)c(C)c1. The van der Waals surface area contributed by atoms with Crippen LogP contribution in [-0.2, 0) is 12.8 Å². The van der Waals surface area contributed by atoms with Gasteiger partial charge in [-0.25, -0.2) is 0 Å². The van der Waals surface area contributed by atoms with E-state index in [1.807, 2.05) is 0 Å². The zero-order valence-corrected chi connectivity index (χ0v) is 7.59. The highest BCUT2D eigenvalue weighted by Crippen LogP contribution is 2.11. The molecule has 0 saturated heterocycles. The van der Waals surface area contributed by atoms with E-state index in [2.05, 4.69) is 38.1 Å². The minimum Gasteiger partial charge on any atom is -0.198 e. The number of aryl methyl sites for hydroxylation is 2. The van der Waals surface area contributed by atoms with Gasteiger partial charge in [-0.15, -0.1) is 0 Å². The van der Waals surface area contributed by atoms with E-state index in [1.165, 1.54) is 11.1 Å². The van der Waals surface area contributed by atoms with Gasteiger partial charge in [0.25, 0.3) is 0 Å². The second-order valence-corrected chi connectivity index (χ2v) is 2.95. The van der Waals surface area contributed by atoms with Gasteiger partial charge in [-0.2, -0.15) is 5.26 Å². The zero-order valence-electron chi connectivity index (χ0n) is 7.59.